The third-order valence-corrected chi connectivity index (χ3v) is 11.9. The third-order valence-electron chi connectivity index (χ3n) is 11.9. The summed E-state index contributed by atoms with van der Waals surface area (Å²) in [6.07, 6.45) is 40.8. The average Bonchev–Trinajstić information content (AvgIpc) is 3.51. The van der Waals surface area contributed by atoms with Gasteiger partial charge in [0.2, 0.25) is 0 Å². The lowest BCUT2D eigenvalue weighted by atomic mass is 9.74. The summed E-state index contributed by atoms with van der Waals surface area (Å²) in [7, 11) is 0. The minimum absolute atomic E-state index is 0.476. The van der Waals surface area contributed by atoms with E-state index in [1.807, 2.05) is 0 Å². The van der Waals surface area contributed by atoms with Crippen molar-refractivity contribution in [3.63, 3.8) is 0 Å². The molecule has 2 saturated carbocycles. The summed E-state index contributed by atoms with van der Waals surface area (Å²) < 4.78 is 0. The molecule has 5 aliphatic carbocycles. The highest BCUT2D eigenvalue weighted by Crippen LogP contribution is 2.62. The zero-order chi connectivity index (χ0) is 27.5. The van der Waals surface area contributed by atoms with E-state index in [2.05, 4.69) is 86.1 Å². The van der Waals surface area contributed by atoms with E-state index in [0.29, 0.717) is 23.2 Å². The smallest absolute Gasteiger partial charge is 0.00560 e. The van der Waals surface area contributed by atoms with Gasteiger partial charge in [-0.15, -0.1) is 0 Å². The molecule has 1 heterocycles. The topological polar surface area (TPSA) is 3.24 Å². The van der Waals surface area contributed by atoms with Crippen LogP contribution in [0.2, 0.25) is 0 Å². The number of fused-ring (bicyclic) bond motifs is 1. The van der Waals surface area contributed by atoms with Gasteiger partial charge in [-0.05, 0) is 122 Å². The number of allylic oxidation sites excluding steroid dienone is 12. The van der Waals surface area contributed by atoms with Crippen LogP contribution < -0.4 is 0 Å². The fourth-order valence-electron chi connectivity index (χ4n) is 9.15. The maximum atomic E-state index is 4.54. The Kier molecular flexibility index (Phi) is 8.88. The lowest BCUT2D eigenvalue weighted by molar-refractivity contribution is 0.141. The molecule has 0 radical (unpaired) electrons. The van der Waals surface area contributed by atoms with Gasteiger partial charge in [-0.2, -0.15) is 0 Å². The molecule has 0 bridgehead atoms. The predicted molar refractivity (Wildman–Crippen MR) is 172 cm³/mol. The molecule has 7 atom stereocenters. The number of hydrogen-bond donors (Lipinski definition) is 0. The van der Waals surface area contributed by atoms with Crippen molar-refractivity contribution in [2.45, 2.75) is 90.9 Å². The first-order chi connectivity index (χ1) is 19.5. The molecule has 3 fully saturated rings. The van der Waals surface area contributed by atoms with Crippen LogP contribution in [0.1, 0.15) is 90.9 Å². The molecule has 1 heteroatoms. The van der Waals surface area contributed by atoms with E-state index in [0.717, 1.165) is 23.7 Å². The number of likely N-dealkylation sites (tertiary alicyclic amines) is 1. The van der Waals surface area contributed by atoms with E-state index in [9.17, 15) is 0 Å². The predicted octanol–water partition coefficient (Wildman–Crippen LogP) is 10.0. The van der Waals surface area contributed by atoms with E-state index >= 15 is 0 Å². The third kappa shape index (κ3) is 6.30. The zero-order valence-corrected chi connectivity index (χ0v) is 25.6. The minimum Gasteiger partial charge on any atom is -0.303 e. The molecule has 1 nitrogen and oxygen atoms in total. The number of nitrogens with zero attached hydrogens (tertiary/aromatic N) is 1. The summed E-state index contributed by atoms with van der Waals surface area (Å²) in [5, 5.41) is 0. The SMILES string of the molecule is C=C(CCC1CCCC1CC)C1=CC2CC2(CC2CCN(CC(C3=CCCC=C3)C3C=CC=CC3C)CC2)C=C1. The molecule has 0 spiro atoms. The van der Waals surface area contributed by atoms with Crippen LogP contribution in [0.3, 0.4) is 0 Å². The van der Waals surface area contributed by atoms with Gasteiger partial charge >= 0.3 is 0 Å². The highest BCUT2D eigenvalue weighted by Gasteiger charge is 2.53. The Morgan fingerprint density at radius 2 is 1.88 bits per heavy atom. The van der Waals surface area contributed by atoms with Crippen LogP contribution in [-0.4, -0.2) is 24.5 Å². The molecule has 1 saturated heterocycles. The maximum Gasteiger partial charge on any atom is 0.00560 e. The molecule has 7 unspecified atom stereocenters. The normalized spacial score (nSPS) is 36.3. The Bertz CT molecular complexity index is 1090. The molecule has 0 amide bonds. The molecule has 0 aromatic carbocycles. The first-order valence-electron chi connectivity index (χ1n) is 17.1. The van der Waals surface area contributed by atoms with E-state index in [1.165, 1.54) is 108 Å². The highest BCUT2D eigenvalue weighted by molar-refractivity contribution is 5.46. The van der Waals surface area contributed by atoms with Crippen molar-refractivity contribution >= 4 is 0 Å². The van der Waals surface area contributed by atoms with Crippen LogP contribution in [0.15, 0.2) is 84.1 Å². The molecule has 0 N–H and O–H groups in total. The Balaban J connectivity index is 0.982. The second kappa shape index (κ2) is 12.6. The molecule has 1 aliphatic heterocycles. The minimum atomic E-state index is 0.476. The number of piperidine rings is 1. The Labute approximate surface area is 246 Å². The first kappa shape index (κ1) is 28.3. The monoisotopic (exact) mass is 537 g/mol. The lowest BCUT2D eigenvalue weighted by Crippen LogP contribution is -2.40. The number of hydrogen-bond acceptors (Lipinski definition) is 1. The van der Waals surface area contributed by atoms with Crippen molar-refractivity contribution in [2.24, 2.45) is 46.8 Å². The quantitative estimate of drug-likeness (QED) is 0.253. The van der Waals surface area contributed by atoms with E-state index < -0.39 is 0 Å². The van der Waals surface area contributed by atoms with Crippen LogP contribution in [0.5, 0.6) is 0 Å². The molecular weight excluding hydrogens is 482 g/mol. The van der Waals surface area contributed by atoms with Crippen LogP contribution in [0.25, 0.3) is 0 Å². The van der Waals surface area contributed by atoms with Crippen LogP contribution >= 0.6 is 0 Å². The zero-order valence-electron chi connectivity index (χ0n) is 25.6. The van der Waals surface area contributed by atoms with Crippen molar-refractivity contribution < 1.29 is 0 Å². The summed E-state index contributed by atoms with van der Waals surface area (Å²) in [5.41, 5.74) is 4.94. The van der Waals surface area contributed by atoms with Gasteiger partial charge in [0.25, 0.3) is 0 Å². The van der Waals surface area contributed by atoms with Crippen molar-refractivity contribution in [1.29, 1.82) is 0 Å². The van der Waals surface area contributed by atoms with Crippen LogP contribution in [0, 0.1) is 46.8 Å². The second-order valence-corrected chi connectivity index (χ2v) is 14.4. The fraction of sp³-hybridized carbons (Fsp3) is 0.641. The molecular formula is C39H55N. The standard InChI is InChI=1S/C39H55N/c1-4-32-14-10-15-33(32)18-17-29(2)35-19-22-39(27-36(39)25-35)26-31-20-23-40(24-21-31)28-38(34-12-6-5-7-13-34)37-16-9-8-11-30(37)3/h6,8-9,11-13,16,19,22,25,30-33,36-38H,2,4-5,7,10,14-15,17-18,20-21,23-24,26-28H2,1,3H3. The van der Waals surface area contributed by atoms with Gasteiger partial charge in [0.05, 0.1) is 0 Å². The maximum absolute atomic E-state index is 4.54. The number of rotatable bonds is 11. The Hall–Kier alpha value is -1.86. The van der Waals surface area contributed by atoms with Crippen molar-refractivity contribution in [3.05, 3.63) is 84.1 Å². The van der Waals surface area contributed by atoms with Gasteiger partial charge in [-0.25, -0.2) is 0 Å². The lowest BCUT2D eigenvalue weighted by Gasteiger charge is -2.39. The van der Waals surface area contributed by atoms with Gasteiger partial charge in [0, 0.05) is 12.5 Å². The van der Waals surface area contributed by atoms with Crippen molar-refractivity contribution in [1.82, 2.24) is 4.90 Å². The highest BCUT2D eigenvalue weighted by atomic mass is 15.1. The summed E-state index contributed by atoms with van der Waals surface area (Å²) >= 11 is 0. The van der Waals surface area contributed by atoms with Gasteiger partial charge in [0.15, 0.2) is 0 Å². The van der Waals surface area contributed by atoms with E-state index in [4.69, 9.17) is 0 Å². The Morgan fingerprint density at radius 3 is 2.62 bits per heavy atom. The van der Waals surface area contributed by atoms with Crippen LogP contribution in [-0.2, 0) is 0 Å². The summed E-state index contributed by atoms with van der Waals surface area (Å²) in [4.78, 5) is 2.80. The van der Waals surface area contributed by atoms with Gasteiger partial charge in [-0.1, -0.05) is 107 Å². The largest absolute Gasteiger partial charge is 0.303 e. The average molecular weight is 538 g/mol. The van der Waals surface area contributed by atoms with E-state index in [1.54, 1.807) is 5.57 Å². The van der Waals surface area contributed by atoms with Crippen LogP contribution in [0.4, 0.5) is 0 Å². The van der Waals surface area contributed by atoms with Gasteiger partial charge in [-0.3, -0.25) is 0 Å². The van der Waals surface area contributed by atoms with Gasteiger partial charge in [0.1, 0.15) is 0 Å². The summed E-state index contributed by atoms with van der Waals surface area (Å²) in [6, 6.07) is 0. The van der Waals surface area contributed by atoms with Crippen molar-refractivity contribution in [2.75, 3.05) is 19.6 Å². The molecule has 6 aliphatic rings. The molecule has 0 aromatic heterocycles. The molecule has 0 aromatic rings. The molecule has 40 heavy (non-hydrogen) atoms. The summed E-state index contributed by atoms with van der Waals surface area (Å²) in [5.74, 6) is 5.46. The Morgan fingerprint density at radius 1 is 1.05 bits per heavy atom. The van der Waals surface area contributed by atoms with Gasteiger partial charge < -0.3 is 4.90 Å². The fourth-order valence-corrected chi connectivity index (χ4v) is 9.15. The second-order valence-electron chi connectivity index (χ2n) is 14.4. The molecule has 216 valence electrons. The summed E-state index contributed by atoms with van der Waals surface area (Å²) in [6.45, 7) is 13.1. The molecule has 6 rings (SSSR count). The van der Waals surface area contributed by atoms with E-state index in [-0.39, 0.29) is 0 Å². The first-order valence-corrected chi connectivity index (χ1v) is 17.1. The van der Waals surface area contributed by atoms with Crippen molar-refractivity contribution in [3.8, 4) is 0 Å².